The van der Waals surface area contributed by atoms with Gasteiger partial charge in [0, 0.05) is 13.1 Å². The molecule has 1 aliphatic carbocycles. The van der Waals surface area contributed by atoms with Gasteiger partial charge in [0.05, 0.1) is 0 Å². The summed E-state index contributed by atoms with van der Waals surface area (Å²) in [4.78, 5) is 2.51. The van der Waals surface area contributed by atoms with Gasteiger partial charge >= 0.3 is 0 Å². The first-order valence-electron chi connectivity index (χ1n) is 5.25. The number of hydrogen-bond donors (Lipinski definition) is 0. The van der Waals surface area contributed by atoms with Crippen molar-refractivity contribution >= 4 is 0 Å². The first-order valence-corrected chi connectivity index (χ1v) is 5.25. The molecule has 3 unspecified atom stereocenters. The van der Waals surface area contributed by atoms with Gasteiger partial charge in [-0.1, -0.05) is 20.8 Å². The zero-order chi connectivity index (χ0) is 8.93. The highest BCUT2D eigenvalue weighted by Crippen LogP contribution is 2.63. The highest BCUT2D eigenvalue weighted by molar-refractivity contribution is 5.12. The molecule has 1 heteroatoms. The fourth-order valence-corrected chi connectivity index (χ4v) is 3.15. The van der Waals surface area contributed by atoms with Crippen LogP contribution in [0.25, 0.3) is 0 Å². The lowest BCUT2D eigenvalue weighted by Crippen LogP contribution is -2.26. The van der Waals surface area contributed by atoms with Crippen LogP contribution >= 0.6 is 0 Å². The van der Waals surface area contributed by atoms with Crippen LogP contribution in [0, 0.1) is 23.2 Å². The van der Waals surface area contributed by atoms with Crippen molar-refractivity contribution in [1.82, 2.24) is 4.90 Å². The van der Waals surface area contributed by atoms with Crippen LogP contribution < -0.4 is 0 Å². The van der Waals surface area contributed by atoms with E-state index in [4.69, 9.17) is 0 Å². The molecule has 0 N–H and O–H groups in total. The Bertz CT molecular complexity index is 187. The average Bonchev–Trinajstić information content (AvgIpc) is 2.54. The van der Waals surface area contributed by atoms with Crippen LogP contribution in [0.5, 0.6) is 0 Å². The highest BCUT2D eigenvalue weighted by atomic mass is 15.2. The van der Waals surface area contributed by atoms with Crippen LogP contribution in [0.3, 0.4) is 0 Å². The minimum absolute atomic E-state index is 0.739. The Balaban J connectivity index is 2.05. The van der Waals surface area contributed by atoms with Crippen LogP contribution in [0.15, 0.2) is 0 Å². The van der Waals surface area contributed by atoms with Crippen molar-refractivity contribution in [3.8, 4) is 0 Å². The number of nitrogens with zero attached hydrogens (tertiary/aromatic N) is 1. The molecule has 2 fully saturated rings. The topological polar surface area (TPSA) is 3.24 Å². The Morgan fingerprint density at radius 1 is 1.33 bits per heavy atom. The second-order valence-corrected chi connectivity index (χ2v) is 5.36. The number of likely N-dealkylation sites (tertiary alicyclic amines) is 1. The average molecular weight is 167 g/mol. The van der Waals surface area contributed by atoms with Crippen molar-refractivity contribution in [2.45, 2.75) is 27.2 Å². The van der Waals surface area contributed by atoms with Crippen LogP contribution in [-0.2, 0) is 0 Å². The van der Waals surface area contributed by atoms with Crippen LogP contribution in [-0.4, -0.2) is 25.0 Å². The van der Waals surface area contributed by atoms with Crippen molar-refractivity contribution in [3.63, 3.8) is 0 Å². The number of piperidine rings is 1. The van der Waals surface area contributed by atoms with E-state index >= 15 is 0 Å². The SMILES string of the molecule is CC(C)C(C)C12CC1CN(C)C2. The van der Waals surface area contributed by atoms with Crippen molar-refractivity contribution < 1.29 is 0 Å². The molecule has 2 aliphatic rings. The second-order valence-electron chi connectivity index (χ2n) is 5.36. The van der Waals surface area contributed by atoms with Gasteiger partial charge in [0.15, 0.2) is 0 Å². The van der Waals surface area contributed by atoms with E-state index in [2.05, 4.69) is 32.7 Å². The molecule has 0 bridgehead atoms. The van der Waals surface area contributed by atoms with Gasteiger partial charge in [0.25, 0.3) is 0 Å². The van der Waals surface area contributed by atoms with Crippen molar-refractivity contribution in [2.24, 2.45) is 23.2 Å². The van der Waals surface area contributed by atoms with Crippen molar-refractivity contribution in [3.05, 3.63) is 0 Å². The summed E-state index contributed by atoms with van der Waals surface area (Å²) in [5.41, 5.74) is 0.739. The summed E-state index contributed by atoms with van der Waals surface area (Å²) < 4.78 is 0. The number of rotatable bonds is 2. The van der Waals surface area contributed by atoms with E-state index in [-0.39, 0.29) is 0 Å². The van der Waals surface area contributed by atoms with Gasteiger partial charge in [-0.25, -0.2) is 0 Å². The molecule has 12 heavy (non-hydrogen) atoms. The molecule has 1 aliphatic heterocycles. The third kappa shape index (κ3) is 1.02. The predicted octanol–water partition coefficient (Wildman–Crippen LogP) is 2.23. The maximum Gasteiger partial charge on any atom is 0.00410 e. The summed E-state index contributed by atoms with van der Waals surface area (Å²) in [5, 5.41) is 0. The van der Waals surface area contributed by atoms with E-state index < -0.39 is 0 Å². The lowest BCUT2D eigenvalue weighted by molar-refractivity contribution is 0.223. The Kier molecular flexibility index (Phi) is 1.76. The van der Waals surface area contributed by atoms with Crippen molar-refractivity contribution in [1.29, 1.82) is 0 Å². The van der Waals surface area contributed by atoms with Crippen molar-refractivity contribution in [2.75, 3.05) is 20.1 Å². The van der Waals surface area contributed by atoms with Crippen LogP contribution in [0.1, 0.15) is 27.2 Å². The Hall–Kier alpha value is -0.0400. The largest absolute Gasteiger partial charge is 0.305 e. The quantitative estimate of drug-likeness (QED) is 0.609. The molecule has 2 rings (SSSR count). The van der Waals surface area contributed by atoms with E-state index in [0.29, 0.717) is 0 Å². The van der Waals surface area contributed by atoms with E-state index in [1.165, 1.54) is 19.5 Å². The first kappa shape index (κ1) is 8.55. The van der Waals surface area contributed by atoms with Gasteiger partial charge < -0.3 is 4.90 Å². The molecule has 1 nitrogen and oxygen atoms in total. The fraction of sp³-hybridized carbons (Fsp3) is 1.00. The number of hydrogen-bond acceptors (Lipinski definition) is 1. The summed E-state index contributed by atoms with van der Waals surface area (Å²) in [5.74, 6) is 2.83. The molecule has 70 valence electrons. The highest BCUT2D eigenvalue weighted by Gasteiger charge is 2.61. The van der Waals surface area contributed by atoms with Crippen LogP contribution in [0.4, 0.5) is 0 Å². The summed E-state index contributed by atoms with van der Waals surface area (Å²) in [6.07, 6.45) is 1.51. The monoisotopic (exact) mass is 167 g/mol. The third-order valence-corrected chi connectivity index (χ3v) is 4.28. The zero-order valence-corrected chi connectivity index (χ0v) is 8.80. The van der Waals surface area contributed by atoms with Gasteiger partial charge in [-0.05, 0) is 36.6 Å². The molecule has 0 radical (unpaired) electrons. The molecular formula is C11H21N. The Labute approximate surface area is 76.1 Å². The van der Waals surface area contributed by atoms with Gasteiger partial charge in [-0.2, -0.15) is 0 Å². The minimum Gasteiger partial charge on any atom is -0.305 e. The minimum atomic E-state index is 0.739. The molecular weight excluding hydrogens is 146 g/mol. The smallest absolute Gasteiger partial charge is 0.00410 e. The first-order chi connectivity index (χ1) is 5.56. The molecule has 1 heterocycles. The summed E-state index contributed by atoms with van der Waals surface area (Å²) in [6, 6.07) is 0. The predicted molar refractivity (Wildman–Crippen MR) is 52.0 cm³/mol. The van der Waals surface area contributed by atoms with E-state index in [0.717, 1.165) is 23.2 Å². The van der Waals surface area contributed by atoms with Gasteiger partial charge in [0.2, 0.25) is 0 Å². The molecule has 1 saturated heterocycles. The van der Waals surface area contributed by atoms with Gasteiger partial charge in [-0.15, -0.1) is 0 Å². The van der Waals surface area contributed by atoms with E-state index in [1.807, 2.05) is 0 Å². The molecule has 0 aromatic carbocycles. The van der Waals surface area contributed by atoms with E-state index in [9.17, 15) is 0 Å². The fourth-order valence-electron chi connectivity index (χ4n) is 3.15. The molecule has 0 amide bonds. The van der Waals surface area contributed by atoms with Crippen LogP contribution in [0.2, 0.25) is 0 Å². The molecule has 0 spiro atoms. The summed E-state index contributed by atoms with van der Waals surface area (Å²) >= 11 is 0. The Morgan fingerprint density at radius 2 is 2.00 bits per heavy atom. The maximum atomic E-state index is 2.51. The second kappa shape index (κ2) is 2.47. The lowest BCUT2D eigenvalue weighted by atomic mass is 9.81. The summed E-state index contributed by atoms with van der Waals surface area (Å²) in [6.45, 7) is 9.90. The number of fused-ring (bicyclic) bond motifs is 1. The van der Waals surface area contributed by atoms with Gasteiger partial charge in [0.1, 0.15) is 0 Å². The summed E-state index contributed by atoms with van der Waals surface area (Å²) in [7, 11) is 2.26. The Morgan fingerprint density at radius 3 is 2.42 bits per heavy atom. The molecule has 3 atom stereocenters. The standard InChI is InChI=1S/C11H21N/c1-8(2)9(3)11-5-10(11)6-12(4)7-11/h8-10H,5-7H2,1-4H3. The normalized spacial score (nSPS) is 43.2. The van der Waals surface area contributed by atoms with E-state index in [1.54, 1.807) is 0 Å². The molecule has 1 saturated carbocycles. The third-order valence-electron chi connectivity index (χ3n) is 4.28. The zero-order valence-electron chi connectivity index (χ0n) is 8.80. The maximum absolute atomic E-state index is 2.51. The molecule has 0 aromatic heterocycles. The lowest BCUT2D eigenvalue weighted by Gasteiger charge is -2.26. The molecule has 0 aromatic rings. The van der Waals surface area contributed by atoms with Gasteiger partial charge in [-0.3, -0.25) is 0 Å².